The first-order chi connectivity index (χ1) is 20.0. The van der Waals surface area contributed by atoms with Crippen molar-refractivity contribution in [2.45, 2.75) is 32.7 Å². The maximum Gasteiger partial charge on any atom is 0.306 e. The summed E-state index contributed by atoms with van der Waals surface area (Å²) in [6, 6.07) is 16.7. The Morgan fingerprint density at radius 2 is 1.98 bits per heavy atom. The number of benzene rings is 2. The van der Waals surface area contributed by atoms with Crippen molar-refractivity contribution < 1.29 is 19.7 Å². The van der Waals surface area contributed by atoms with Crippen LogP contribution in [0.5, 0.6) is 5.75 Å². The first-order valence-corrected chi connectivity index (χ1v) is 15.1. The number of ether oxygens (including phenoxy) is 1. The molecule has 0 amide bonds. The fourth-order valence-corrected chi connectivity index (χ4v) is 6.23. The van der Waals surface area contributed by atoms with Crippen LogP contribution in [0.25, 0.3) is 21.3 Å². The third-order valence-corrected chi connectivity index (χ3v) is 8.58. The molecule has 1 saturated heterocycles. The van der Waals surface area contributed by atoms with E-state index in [0.717, 1.165) is 88.5 Å². The highest BCUT2D eigenvalue weighted by molar-refractivity contribution is 7.17. The summed E-state index contributed by atoms with van der Waals surface area (Å²) >= 11 is 1.67. The van der Waals surface area contributed by atoms with E-state index in [1.807, 2.05) is 18.3 Å². The Hall–Kier alpha value is -3.50. The highest BCUT2D eigenvalue weighted by Crippen LogP contribution is 2.35. The topological polar surface area (TPSA) is 107 Å². The molecule has 4 aromatic rings. The molecule has 0 aliphatic carbocycles. The molecule has 1 aliphatic rings. The lowest BCUT2D eigenvalue weighted by atomic mass is 9.97. The van der Waals surface area contributed by atoms with Crippen molar-refractivity contribution >= 4 is 38.9 Å². The highest BCUT2D eigenvalue weighted by atomic mass is 32.1. The molecule has 2 aromatic heterocycles. The number of fused-ring (bicyclic) bond motifs is 1. The molecule has 8 nitrogen and oxygen atoms in total. The molecule has 41 heavy (non-hydrogen) atoms. The number of carboxylic acids is 1. The van der Waals surface area contributed by atoms with E-state index in [-0.39, 0.29) is 12.5 Å². The monoisotopic (exact) mass is 574 g/mol. The molecule has 0 saturated carbocycles. The number of aliphatic hydroxyl groups is 1. The minimum Gasteiger partial charge on any atom is -0.494 e. The number of aromatic nitrogens is 1. The molecule has 4 N–H and O–H groups in total. The van der Waals surface area contributed by atoms with Crippen molar-refractivity contribution in [3.63, 3.8) is 0 Å². The van der Waals surface area contributed by atoms with Gasteiger partial charge in [0.25, 0.3) is 0 Å². The van der Waals surface area contributed by atoms with Gasteiger partial charge in [-0.2, -0.15) is 0 Å². The molecule has 216 valence electrons. The molecule has 0 bridgehead atoms. The Morgan fingerprint density at radius 1 is 1.15 bits per heavy atom. The van der Waals surface area contributed by atoms with Gasteiger partial charge in [-0.15, -0.1) is 11.3 Å². The first-order valence-electron chi connectivity index (χ1n) is 14.2. The van der Waals surface area contributed by atoms with Crippen LogP contribution in [0.1, 0.15) is 30.4 Å². The summed E-state index contributed by atoms with van der Waals surface area (Å²) in [4.78, 5) is 18.2. The van der Waals surface area contributed by atoms with E-state index in [4.69, 9.17) is 14.8 Å². The lowest BCUT2D eigenvalue weighted by Crippen LogP contribution is -2.37. The van der Waals surface area contributed by atoms with Gasteiger partial charge in [-0.25, -0.2) is 0 Å². The SMILES string of the molecule is Cc1c(Nc2csc3cc(CNCCO)cnc23)cccc1-c1cccc(OCCCN2CCC(C(=O)O)CC2)c1. The number of likely N-dealkylation sites (tertiary alicyclic amines) is 1. The number of piperidine rings is 1. The average Bonchev–Trinajstić information content (AvgIpc) is 3.39. The van der Waals surface area contributed by atoms with Crippen LogP contribution in [0.15, 0.2) is 60.1 Å². The Kier molecular flexibility index (Phi) is 9.84. The van der Waals surface area contributed by atoms with Crippen molar-refractivity contribution in [1.82, 2.24) is 15.2 Å². The number of hydrogen-bond acceptors (Lipinski definition) is 8. The Labute approximate surface area is 245 Å². The van der Waals surface area contributed by atoms with Crippen LogP contribution >= 0.6 is 11.3 Å². The van der Waals surface area contributed by atoms with Crippen LogP contribution in [0, 0.1) is 12.8 Å². The van der Waals surface area contributed by atoms with Crippen molar-refractivity contribution in [2.24, 2.45) is 5.92 Å². The molecule has 1 fully saturated rings. The zero-order chi connectivity index (χ0) is 28.6. The molecule has 0 atom stereocenters. The van der Waals surface area contributed by atoms with Crippen LogP contribution < -0.4 is 15.4 Å². The largest absolute Gasteiger partial charge is 0.494 e. The molecule has 1 aliphatic heterocycles. The Balaban J connectivity index is 1.20. The van der Waals surface area contributed by atoms with Gasteiger partial charge in [0.2, 0.25) is 0 Å². The molecule has 0 unspecified atom stereocenters. The van der Waals surface area contributed by atoms with Crippen LogP contribution in [0.2, 0.25) is 0 Å². The van der Waals surface area contributed by atoms with E-state index in [1.165, 1.54) is 0 Å². The number of aliphatic carboxylic acids is 1. The summed E-state index contributed by atoms with van der Waals surface area (Å²) in [7, 11) is 0. The minimum absolute atomic E-state index is 0.121. The zero-order valence-corrected chi connectivity index (χ0v) is 24.3. The number of nitrogens with one attached hydrogen (secondary N) is 2. The maximum absolute atomic E-state index is 11.2. The van der Waals surface area contributed by atoms with Gasteiger partial charge in [-0.1, -0.05) is 24.3 Å². The fraction of sp³-hybridized carbons (Fsp3) is 0.375. The van der Waals surface area contributed by atoms with Crippen molar-refractivity contribution in [1.29, 1.82) is 0 Å². The number of pyridine rings is 1. The van der Waals surface area contributed by atoms with Crippen LogP contribution in [-0.2, 0) is 11.3 Å². The van der Waals surface area contributed by atoms with E-state index < -0.39 is 5.97 Å². The van der Waals surface area contributed by atoms with Gasteiger partial charge in [0.1, 0.15) is 11.3 Å². The van der Waals surface area contributed by atoms with Gasteiger partial charge in [0.05, 0.1) is 29.5 Å². The lowest BCUT2D eigenvalue weighted by molar-refractivity contribution is -0.143. The lowest BCUT2D eigenvalue weighted by Gasteiger charge is -2.29. The molecule has 3 heterocycles. The van der Waals surface area contributed by atoms with Crippen molar-refractivity contribution in [3.8, 4) is 16.9 Å². The van der Waals surface area contributed by atoms with E-state index in [0.29, 0.717) is 19.7 Å². The first kappa shape index (κ1) is 29.0. The second-order valence-corrected chi connectivity index (χ2v) is 11.4. The smallest absolute Gasteiger partial charge is 0.306 e. The molecule has 5 rings (SSSR count). The standard InChI is InChI=1S/C32H38N4O4S/c1-22-27(25-5-2-6-26(18-25)40-16-4-12-36-13-9-24(10-14-36)32(38)39)7-3-8-28(22)35-29-21-41-30-17-23(19-33-11-15-37)20-34-31(29)30/h2-3,5-8,17-18,20-21,24,33,35,37H,4,9-16,19H2,1H3,(H,38,39). The summed E-state index contributed by atoms with van der Waals surface area (Å²) < 4.78 is 7.23. The molecule has 0 radical (unpaired) electrons. The number of hydrogen-bond donors (Lipinski definition) is 4. The van der Waals surface area contributed by atoms with Crippen LogP contribution in [-0.4, -0.2) is 65.5 Å². The molecule has 9 heteroatoms. The second kappa shape index (κ2) is 13.9. The number of rotatable bonds is 13. The maximum atomic E-state index is 11.2. The van der Waals surface area contributed by atoms with Gasteiger partial charge in [-0.05, 0) is 85.8 Å². The number of anilines is 2. The van der Waals surface area contributed by atoms with Crippen molar-refractivity contribution in [2.75, 3.05) is 44.7 Å². The van der Waals surface area contributed by atoms with E-state index in [9.17, 15) is 9.90 Å². The number of nitrogens with zero attached hydrogens (tertiary/aromatic N) is 2. The summed E-state index contributed by atoms with van der Waals surface area (Å²) in [5, 5.41) is 27.1. The number of aliphatic hydroxyl groups excluding tert-OH is 1. The van der Waals surface area contributed by atoms with Crippen LogP contribution in [0.3, 0.4) is 0 Å². The van der Waals surface area contributed by atoms with Crippen LogP contribution in [0.4, 0.5) is 11.4 Å². The van der Waals surface area contributed by atoms with E-state index in [1.54, 1.807) is 11.3 Å². The minimum atomic E-state index is -0.667. The molecular weight excluding hydrogens is 536 g/mol. The highest BCUT2D eigenvalue weighted by Gasteiger charge is 2.24. The number of thiophene rings is 1. The predicted molar refractivity (Wildman–Crippen MR) is 165 cm³/mol. The summed E-state index contributed by atoms with van der Waals surface area (Å²) in [5.41, 5.74) is 7.48. The molecule has 2 aromatic carbocycles. The third-order valence-electron chi connectivity index (χ3n) is 7.66. The van der Waals surface area contributed by atoms with E-state index >= 15 is 0 Å². The summed E-state index contributed by atoms with van der Waals surface area (Å²) in [6.07, 6.45) is 4.26. The van der Waals surface area contributed by atoms with Gasteiger partial charge in [0.15, 0.2) is 0 Å². The molecular formula is C32H38N4O4S. The summed E-state index contributed by atoms with van der Waals surface area (Å²) in [5.74, 6) is -0.00969. The van der Waals surface area contributed by atoms with Gasteiger partial charge >= 0.3 is 5.97 Å². The fourth-order valence-electron chi connectivity index (χ4n) is 5.32. The second-order valence-electron chi connectivity index (χ2n) is 10.5. The molecule has 0 spiro atoms. The third kappa shape index (κ3) is 7.42. The Morgan fingerprint density at radius 3 is 2.78 bits per heavy atom. The van der Waals surface area contributed by atoms with E-state index in [2.05, 4.69) is 64.2 Å². The predicted octanol–water partition coefficient (Wildman–Crippen LogP) is 5.66. The van der Waals surface area contributed by atoms with Gasteiger partial charge in [-0.3, -0.25) is 9.78 Å². The quantitative estimate of drug-likeness (QED) is 0.152. The average molecular weight is 575 g/mol. The number of carbonyl (C=O) groups is 1. The number of carboxylic acid groups (broad SMARTS) is 1. The van der Waals surface area contributed by atoms with Gasteiger partial charge in [0, 0.05) is 36.9 Å². The normalized spacial score (nSPS) is 14.4. The van der Waals surface area contributed by atoms with Crippen molar-refractivity contribution in [3.05, 3.63) is 71.2 Å². The zero-order valence-electron chi connectivity index (χ0n) is 23.4. The summed E-state index contributed by atoms with van der Waals surface area (Å²) in [6.45, 7) is 6.74. The van der Waals surface area contributed by atoms with Gasteiger partial charge < -0.3 is 30.5 Å². The Bertz CT molecular complexity index is 1470.